The van der Waals surface area contributed by atoms with E-state index in [1.807, 2.05) is 13.8 Å². The molecule has 3 nitrogen and oxygen atoms in total. The monoisotopic (exact) mass is 300 g/mol. The second-order valence-electron chi connectivity index (χ2n) is 5.65. The molecule has 2 rings (SSSR count). The van der Waals surface area contributed by atoms with E-state index >= 15 is 0 Å². The van der Waals surface area contributed by atoms with Crippen LogP contribution < -0.4 is 5.73 Å². The highest BCUT2D eigenvalue weighted by Crippen LogP contribution is 2.32. The molecule has 0 bridgehead atoms. The van der Waals surface area contributed by atoms with Crippen molar-refractivity contribution < 1.29 is 18.0 Å². The minimum Gasteiger partial charge on any atom is -0.326 e. The predicted octanol–water partition coefficient (Wildman–Crippen LogP) is 2.80. The fourth-order valence-corrected chi connectivity index (χ4v) is 2.60. The lowest BCUT2D eigenvalue weighted by Gasteiger charge is -2.39. The van der Waals surface area contributed by atoms with Crippen LogP contribution in [0.5, 0.6) is 0 Å². The number of carbonyl (C=O) groups is 1. The van der Waals surface area contributed by atoms with Crippen molar-refractivity contribution in [1.82, 2.24) is 4.90 Å². The van der Waals surface area contributed by atoms with E-state index in [2.05, 4.69) is 0 Å². The molecule has 0 unspecified atom stereocenters. The van der Waals surface area contributed by atoms with E-state index in [1.165, 1.54) is 0 Å². The average molecular weight is 300 g/mol. The van der Waals surface area contributed by atoms with Crippen molar-refractivity contribution >= 4 is 5.91 Å². The Bertz CT molecular complexity index is 542. The summed E-state index contributed by atoms with van der Waals surface area (Å²) in [5, 5.41) is 0. The van der Waals surface area contributed by atoms with E-state index in [0.29, 0.717) is 0 Å². The van der Waals surface area contributed by atoms with E-state index < -0.39 is 24.2 Å². The zero-order valence-electron chi connectivity index (χ0n) is 12.1. The largest absolute Gasteiger partial charge is 0.408 e. The van der Waals surface area contributed by atoms with Gasteiger partial charge in [0.05, 0.1) is 0 Å². The number of alkyl halides is 3. The molecule has 1 aliphatic heterocycles. The third-order valence-corrected chi connectivity index (χ3v) is 4.01. The first-order valence-corrected chi connectivity index (χ1v) is 6.90. The Kier molecular flexibility index (Phi) is 4.27. The molecule has 2 atom stereocenters. The number of nitrogens with two attached hydrogens (primary N) is 1. The summed E-state index contributed by atoms with van der Waals surface area (Å²) < 4.78 is 39.3. The maximum absolute atomic E-state index is 13.1. The molecule has 1 heterocycles. The summed E-state index contributed by atoms with van der Waals surface area (Å²) >= 11 is 0. The summed E-state index contributed by atoms with van der Waals surface area (Å²) in [5.41, 5.74) is 7.89. The number of halogens is 3. The molecule has 0 spiro atoms. The molecule has 116 valence electrons. The predicted molar refractivity (Wildman–Crippen MR) is 74.0 cm³/mol. The van der Waals surface area contributed by atoms with Crippen molar-refractivity contribution in [3.8, 4) is 0 Å². The number of amides is 1. The third kappa shape index (κ3) is 3.37. The van der Waals surface area contributed by atoms with Crippen molar-refractivity contribution in [2.24, 2.45) is 5.73 Å². The van der Waals surface area contributed by atoms with Gasteiger partial charge in [-0.15, -0.1) is 0 Å². The summed E-state index contributed by atoms with van der Waals surface area (Å²) in [6.07, 6.45) is -4.28. The Balaban J connectivity index is 2.31. The molecular formula is C15H19F3N2O. The Hall–Kier alpha value is -1.56. The number of carbonyl (C=O) groups excluding carboxylic acids is 1. The number of aryl methyl sites for hydroxylation is 2. The lowest BCUT2D eigenvalue weighted by Crippen LogP contribution is -2.56. The molecule has 1 aromatic carbocycles. The van der Waals surface area contributed by atoms with Gasteiger partial charge < -0.3 is 10.6 Å². The van der Waals surface area contributed by atoms with E-state index in [-0.39, 0.29) is 24.9 Å². The molecule has 1 fully saturated rings. The molecule has 2 N–H and O–H groups in total. The van der Waals surface area contributed by atoms with Gasteiger partial charge >= 0.3 is 6.18 Å². The minimum atomic E-state index is -4.42. The molecular weight excluding hydrogens is 281 g/mol. The smallest absolute Gasteiger partial charge is 0.326 e. The Labute approximate surface area is 121 Å². The number of hydrogen-bond donors (Lipinski definition) is 1. The van der Waals surface area contributed by atoms with Crippen LogP contribution in [0.2, 0.25) is 0 Å². The maximum atomic E-state index is 13.1. The number of hydrogen-bond acceptors (Lipinski definition) is 2. The van der Waals surface area contributed by atoms with E-state index in [1.54, 1.807) is 18.2 Å². The quantitative estimate of drug-likeness (QED) is 0.867. The minimum absolute atomic E-state index is 0.0596. The molecule has 1 aliphatic rings. The average Bonchev–Trinajstić information content (AvgIpc) is 2.39. The van der Waals surface area contributed by atoms with Crippen molar-refractivity contribution in [2.75, 3.05) is 6.54 Å². The van der Waals surface area contributed by atoms with Crippen LogP contribution in [0.15, 0.2) is 18.2 Å². The van der Waals surface area contributed by atoms with Gasteiger partial charge in [0.25, 0.3) is 5.91 Å². The molecule has 6 heteroatoms. The van der Waals surface area contributed by atoms with Gasteiger partial charge in [-0.05, 0) is 49.9 Å². The van der Waals surface area contributed by atoms with Gasteiger partial charge in [-0.1, -0.05) is 6.07 Å². The molecule has 0 aliphatic carbocycles. The van der Waals surface area contributed by atoms with Crippen LogP contribution in [0.4, 0.5) is 13.2 Å². The first-order valence-electron chi connectivity index (χ1n) is 6.90. The molecule has 1 amide bonds. The molecule has 1 saturated heterocycles. The second kappa shape index (κ2) is 5.67. The van der Waals surface area contributed by atoms with Crippen molar-refractivity contribution in [2.45, 2.75) is 44.9 Å². The number of benzene rings is 1. The highest BCUT2D eigenvalue weighted by Gasteiger charge is 2.47. The summed E-state index contributed by atoms with van der Waals surface area (Å²) in [4.78, 5) is 13.3. The van der Waals surface area contributed by atoms with Gasteiger partial charge in [-0.3, -0.25) is 4.79 Å². The van der Waals surface area contributed by atoms with E-state index in [9.17, 15) is 18.0 Å². The molecule has 0 aromatic heterocycles. The Morgan fingerprint density at radius 1 is 1.24 bits per heavy atom. The second-order valence-corrected chi connectivity index (χ2v) is 5.65. The number of likely N-dealkylation sites (tertiary alicyclic amines) is 1. The van der Waals surface area contributed by atoms with E-state index in [0.717, 1.165) is 16.0 Å². The number of nitrogens with zero attached hydrogens (tertiary/aromatic N) is 1. The zero-order chi connectivity index (χ0) is 15.8. The van der Waals surface area contributed by atoms with Crippen LogP contribution >= 0.6 is 0 Å². The number of piperidine rings is 1. The summed E-state index contributed by atoms with van der Waals surface area (Å²) in [5.74, 6) is -0.601. The van der Waals surface area contributed by atoms with Crippen LogP contribution in [0.25, 0.3) is 0 Å². The third-order valence-electron chi connectivity index (χ3n) is 4.01. The van der Waals surface area contributed by atoms with Gasteiger partial charge in [0.1, 0.15) is 6.04 Å². The van der Waals surface area contributed by atoms with Crippen molar-refractivity contribution in [3.63, 3.8) is 0 Å². The van der Waals surface area contributed by atoms with Gasteiger partial charge in [-0.25, -0.2) is 0 Å². The van der Waals surface area contributed by atoms with Crippen molar-refractivity contribution in [3.05, 3.63) is 34.9 Å². The SMILES string of the molecule is Cc1ccc(C(=O)N2C[C@@H](N)CC[C@@H]2C(F)(F)F)cc1C. The topological polar surface area (TPSA) is 46.3 Å². The van der Waals surface area contributed by atoms with Crippen LogP contribution in [0.3, 0.4) is 0 Å². The maximum Gasteiger partial charge on any atom is 0.408 e. The highest BCUT2D eigenvalue weighted by molar-refractivity contribution is 5.94. The van der Waals surface area contributed by atoms with Gasteiger partial charge in [0.15, 0.2) is 0 Å². The first-order chi connectivity index (χ1) is 9.70. The summed E-state index contributed by atoms with van der Waals surface area (Å²) in [6, 6.07) is 2.80. The standard InChI is InChI=1S/C15H19F3N2O/c1-9-3-4-11(7-10(9)2)14(21)20-8-12(19)5-6-13(20)15(16,17)18/h3-4,7,12-13H,5-6,8,19H2,1-2H3/t12-,13+/m0/s1. The van der Waals surface area contributed by atoms with Gasteiger partial charge in [0.2, 0.25) is 0 Å². The van der Waals surface area contributed by atoms with Crippen LogP contribution in [-0.4, -0.2) is 35.6 Å². The molecule has 0 saturated carbocycles. The number of rotatable bonds is 1. The fourth-order valence-electron chi connectivity index (χ4n) is 2.60. The summed E-state index contributed by atoms with van der Waals surface area (Å²) in [7, 11) is 0. The highest BCUT2D eigenvalue weighted by atomic mass is 19.4. The normalized spacial score (nSPS) is 23.2. The van der Waals surface area contributed by atoms with E-state index in [4.69, 9.17) is 5.73 Å². The van der Waals surface area contributed by atoms with Crippen LogP contribution in [-0.2, 0) is 0 Å². The lowest BCUT2D eigenvalue weighted by atomic mass is 9.96. The molecule has 21 heavy (non-hydrogen) atoms. The van der Waals surface area contributed by atoms with Crippen molar-refractivity contribution in [1.29, 1.82) is 0 Å². The Morgan fingerprint density at radius 3 is 2.48 bits per heavy atom. The van der Waals surface area contributed by atoms with Crippen LogP contribution in [0, 0.1) is 13.8 Å². The fraction of sp³-hybridized carbons (Fsp3) is 0.533. The lowest BCUT2D eigenvalue weighted by molar-refractivity contribution is -0.184. The first kappa shape index (κ1) is 15.8. The Morgan fingerprint density at radius 2 is 1.90 bits per heavy atom. The molecule has 1 aromatic rings. The van der Waals surface area contributed by atoms with Gasteiger partial charge in [-0.2, -0.15) is 13.2 Å². The molecule has 0 radical (unpaired) electrons. The zero-order valence-corrected chi connectivity index (χ0v) is 12.1. The van der Waals surface area contributed by atoms with Gasteiger partial charge in [0, 0.05) is 18.2 Å². The summed E-state index contributed by atoms with van der Waals surface area (Å²) in [6.45, 7) is 3.66. The van der Waals surface area contributed by atoms with Crippen LogP contribution in [0.1, 0.15) is 34.3 Å².